The molecule has 0 atom stereocenters. The number of nitrogens with zero attached hydrogens (tertiary/aromatic N) is 2. The van der Waals surface area contributed by atoms with Gasteiger partial charge >= 0.3 is 0 Å². The molecule has 1 aliphatic carbocycles. The first-order valence-corrected chi connectivity index (χ1v) is 10.5. The highest BCUT2D eigenvalue weighted by atomic mass is 35.5. The minimum Gasteiger partial charge on any atom is -0.454 e. The van der Waals surface area contributed by atoms with Crippen molar-refractivity contribution in [1.82, 2.24) is 9.97 Å². The van der Waals surface area contributed by atoms with Crippen molar-refractivity contribution in [2.75, 3.05) is 12.1 Å². The highest BCUT2D eigenvalue weighted by molar-refractivity contribution is 7.22. The second-order valence-corrected chi connectivity index (χ2v) is 8.74. The fourth-order valence-corrected chi connectivity index (χ4v) is 4.92. The zero-order chi connectivity index (χ0) is 18.2. The second kappa shape index (κ2) is 7.17. The number of halogens is 1. The summed E-state index contributed by atoms with van der Waals surface area (Å²) in [5, 5.41) is 4.48. The SMILES string of the molecule is Clc1cc2c(NCc3ccc4c(c3)OCO4)nc(C3CCCCC3)nc2s1. The molecule has 3 heterocycles. The Kier molecular flexibility index (Phi) is 4.53. The quantitative estimate of drug-likeness (QED) is 0.604. The maximum absolute atomic E-state index is 6.27. The molecule has 1 fully saturated rings. The summed E-state index contributed by atoms with van der Waals surface area (Å²) in [5.41, 5.74) is 1.12. The number of thiophene rings is 1. The monoisotopic (exact) mass is 401 g/mol. The summed E-state index contributed by atoms with van der Waals surface area (Å²) in [7, 11) is 0. The summed E-state index contributed by atoms with van der Waals surface area (Å²) in [6, 6.07) is 7.95. The molecule has 0 spiro atoms. The number of hydrogen-bond acceptors (Lipinski definition) is 6. The van der Waals surface area contributed by atoms with Gasteiger partial charge in [-0.15, -0.1) is 11.3 Å². The Morgan fingerprint density at radius 3 is 2.81 bits per heavy atom. The van der Waals surface area contributed by atoms with Crippen LogP contribution in [0.3, 0.4) is 0 Å². The van der Waals surface area contributed by atoms with Crippen LogP contribution in [0.25, 0.3) is 10.2 Å². The molecule has 2 aliphatic rings. The van der Waals surface area contributed by atoms with Crippen LogP contribution in [0, 0.1) is 0 Å². The van der Waals surface area contributed by atoms with E-state index in [1.165, 1.54) is 43.4 Å². The number of aromatic nitrogens is 2. The molecule has 0 bridgehead atoms. The Hall–Kier alpha value is -2.05. The van der Waals surface area contributed by atoms with Crippen LogP contribution in [0.4, 0.5) is 5.82 Å². The Balaban J connectivity index is 1.44. The number of ether oxygens (including phenoxy) is 2. The van der Waals surface area contributed by atoms with Gasteiger partial charge in [0, 0.05) is 12.5 Å². The van der Waals surface area contributed by atoms with Crippen molar-refractivity contribution in [3.8, 4) is 11.5 Å². The molecule has 5 rings (SSSR count). The summed E-state index contributed by atoms with van der Waals surface area (Å²) in [4.78, 5) is 10.7. The van der Waals surface area contributed by atoms with Gasteiger partial charge in [-0.3, -0.25) is 0 Å². The van der Waals surface area contributed by atoms with E-state index in [9.17, 15) is 0 Å². The Bertz CT molecular complexity index is 985. The highest BCUT2D eigenvalue weighted by Gasteiger charge is 2.21. The molecule has 5 nitrogen and oxygen atoms in total. The first-order chi connectivity index (χ1) is 13.3. The van der Waals surface area contributed by atoms with Gasteiger partial charge in [0.2, 0.25) is 6.79 Å². The molecule has 1 saturated carbocycles. The van der Waals surface area contributed by atoms with Gasteiger partial charge in [0.15, 0.2) is 11.5 Å². The van der Waals surface area contributed by atoms with Gasteiger partial charge in [-0.25, -0.2) is 9.97 Å². The van der Waals surface area contributed by atoms with Crippen LogP contribution in [-0.2, 0) is 6.54 Å². The molecule has 140 valence electrons. The van der Waals surface area contributed by atoms with Crippen LogP contribution < -0.4 is 14.8 Å². The van der Waals surface area contributed by atoms with E-state index in [2.05, 4.69) is 5.32 Å². The lowest BCUT2D eigenvalue weighted by Crippen LogP contribution is -2.11. The Morgan fingerprint density at radius 1 is 1.07 bits per heavy atom. The van der Waals surface area contributed by atoms with Crippen molar-refractivity contribution in [3.63, 3.8) is 0 Å². The van der Waals surface area contributed by atoms with Gasteiger partial charge in [-0.05, 0) is 36.6 Å². The zero-order valence-electron chi connectivity index (χ0n) is 14.8. The van der Waals surface area contributed by atoms with E-state index in [4.69, 9.17) is 31.0 Å². The number of rotatable bonds is 4. The van der Waals surface area contributed by atoms with Gasteiger partial charge in [-0.1, -0.05) is 36.9 Å². The molecule has 1 N–H and O–H groups in total. The number of hydrogen-bond donors (Lipinski definition) is 1. The third-order valence-electron chi connectivity index (χ3n) is 5.25. The van der Waals surface area contributed by atoms with Crippen LogP contribution in [0.15, 0.2) is 24.3 Å². The third-order valence-corrected chi connectivity index (χ3v) is 6.41. The lowest BCUT2D eigenvalue weighted by atomic mass is 9.89. The first-order valence-electron chi connectivity index (χ1n) is 9.35. The van der Waals surface area contributed by atoms with E-state index in [-0.39, 0.29) is 6.79 Å². The predicted molar refractivity (Wildman–Crippen MR) is 108 cm³/mol. The molecule has 0 saturated heterocycles. The van der Waals surface area contributed by atoms with E-state index in [0.717, 1.165) is 43.3 Å². The fraction of sp³-hybridized carbons (Fsp3) is 0.400. The summed E-state index contributed by atoms with van der Waals surface area (Å²) < 4.78 is 11.6. The van der Waals surface area contributed by atoms with Gasteiger partial charge in [0.1, 0.15) is 16.5 Å². The van der Waals surface area contributed by atoms with Crippen molar-refractivity contribution in [3.05, 3.63) is 40.0 Å². The minimum atomic E-state index is 0.289. The number of anilines is 1. The van der Waals surface area contributed by atoms with Gasteiger partial charge in [0.05, 0.1) is 9.72 Å². The summed E-state index contributed by atoms with van der Waals surface area (Å²) in [6.45, 7) is 0.942. The normalized spacial score (nSPS) is 16.8. The van der Waals surface area contributed by atoms with E-state index >= 15 is 0 Å². The number of nitrogens with one attached hydrogen (secondary N) is 1. The number of benzene rings is 1. The molecule has 0 radical (unpaired) electrons. The topological polar surface area (TPSA) is 56.3 Å². The molecule has 2 aromatic heterocycles. The standard InChI is InChI=1S/C20H20ClN3O2S/c21-17-9-14-19(22-10-12-6-7-15-16(8-12)26-11-25-15)23-18(24-20(14)27-17)13-4-2-1-3-5-13/h6-9,13H,1-5,10-11H2,(H,22,23,24). The third kappa shape index (κ3) is 3.44. The fourth-order valence-electron chi connectivity index (χ4n) is 3.82. The molecule has 1 aromatic carbocycles. The van der Waals surface area contributed by atoms with E-state index in [0.29, 0.717) is 12.5 Å². The molecule has 0 amide bonds. The van der Waals surface area contributed by atoms with E-state index in [1.54, 1.807) is 0 Å². The van der Waals surface area contributed by atoms with Crippen LogP contribution in [-0.4, -0.2) is 16.8 Å². The lowest BCUT2D eigenvalue weighted by Gasteiger charge is -2.21. The maximum atomic E-state index is 6.27. The summed E-state index contributed by atoms with van der Waals surface area (Å²) in [5.74, 6) is 3.86. The minimum absolute atomic E-state index is 0.289. The van der Waals surface area contributed by atoms with Crippen molar-refractivity contribution < 1.29 is 9.47 Å². The van der Waals surface area contributed by atoms with Crippen LogP contribution in [0.5, 0.6) is 11.5 Å². The Morgan fingerprint density at radius 2 is 1.93 bits per heavy atom. The van der Waals surface area contributed by atoms with Crippen molar-refractivity contribution in [2.45, 2.75) is 44.6 Å². The molecule has 7 heteroatoms. The average Bonchev–Trinajstić information content (AvgIpc) is 3.31. The molecule has 27 heavy (non-hydrogen) atoms. The first kappa shape index (κ1) is 17.1. The maximum Gasteiger partial charge on any atom is 0.231 e. The molecular formula is C20H20ClN3O2S. The summed E-state index contributed by atoms with van der Waals surface area (Å²) >= 11 is 7.79. The summed E-state index contributed by atoms with van der Waals surface area (Å²) in [6.07, 6.45) is 6.19. The van der Waals surface area contributed by atoms with Gasteiger partial charge in [0.25, 0.3) is 0 Å². The van der Waals surface area contributed by atoms with Crippen molar-refractivity contribution in [2.24, 2.45) is 0 Å². The molecule has 1 aliphatic heterocycles. The van der Waals surface area contributed by atoms with Crippen LogP contribution >= 0.6 is 22.9 Å². The molecule has 0 unspecified atom stereocenters. The van der Waals surface area contributed by atoms with Gasteiger partial charge < -0.3 is 14.8 Å². The van der Waals surface area contributed by atoms with Crippen LogP contribution in [0.2, 0.25) is 4.34 Å². The van der Waals surface area contributed by atoms with Crippen LogP contribution in [0.1, 0.15) is 49.4 Å². The molecular weight excluding hydrogens is 382 g/mol. The second-order valence-electron chi connectivity index (χ2n) is 7.08. The van der Waals surface area contributed by atoms with Crippen molar-refractivity contribution >= 4 is 39.0 Å². The largest absolute Gasteiger partial charge is 0.454 e. The van der Waals surface area contributed by atoms with Crippen molar-refractivity contribution in [1.29, 1.82) is 0 Å². The zero-order valence-corrected chi connectivity index (χ0v) is 16.4. The lowest BCUT2D eigenvalue weighted by molar-refractivity contribution is 0.174. The average molecular weight is 402 g/mol. The Labute approximate surface area is 166 Å². The smallest absolute Gasteiger partial charge is 0.231 e. The number of fused-ring (bicyclic) bond motifs is 2. The van der Waals surface area contributed by atoms with E-state index < -0.39 is 0 Å². The predicted octanol–water partition coefficient (Wildman–Crippen LogP) is 5.73. The molecule has 3 aromatic rings. The highest BCUT2D eigenvalue weighted by Crippen LogP contribution is 2.37. The van der Waals surface area contributed by atoms with Gasteiger partial charge in [-0.2, -0.15) is 0 Å². The van der Waals surface area contributed by atoms with E-state index in [1.807, 2.05) is 24.3 Å².